The van der Waals surface area contributed by atoms with Crippen molar-refractivity contribution >= 4 is 17.2 Å². The van der Waals surface area contributed by atoms with Gasteiger partial charge in [0, 0.05) is 11.8 Å². The summed E-state index contributed by atoms with van der Waals surface area (Å²) in [4.78, 5) is 20.6. The fraction of sp³-hybridized carbons (Fsp3) is 0.0952. The molecule has 0 spiro atoms. The summed E-state index contributed by atoms with van der Waals surface area (Å²) < 4.78 is 11.5. The molecule has 5 nitrogen and oxygen atoms in total. The Balaban J connectivity index is 1.40. The van der Waals surface area contributed by atoms with Crippen molar-refractivity contribution in [3.05, 3.63) is 78.6 Å². The molecule has 0 atom stereocenters. The second kappa shape index (κ2) is 7.19. The zero-order valence-electron chi connectivity index (χ0n) is 14.0. The molecular weight excluding hydrogens is 328 g/mol. The van der Waals surface area contributed by atoms with E-state index in [0.29, 0.717) is 22.7 Å². The molecule has 128 valence electrons. The van der Waals surface area contributed by atoms with Gasteiger partial charge >= 0.3 is 0 Å². The molecule has 1 aliphatic rings. The molecule has 2 heterocycles. The lowest BCUT2D eigenvalue weighted by Crippen LogP contribution is -2.19. The predicted molar refractivity (Wildman–Crippen MR) is 98.7 cm³/mol. The number of aliphatic imine (C=N–C) groups is 1. The van der Waals surface area contributed by atoms with Crippen LogP contribution in [0.25, 0.3) is 0 Å². The number of ether oxygens (including phenoxy) is 2. The first kappa shape index (κ1) is 16.0. The highest BCUT2D eigenvalue weighted by Gasteiger charge is 2.20. The van der Waals surface area contributed by atoms with Gasteiger partial charge in [0.2, 0.25) is 0 Å². The maximum absolute atomic E-state index is 12.1. The standard InChI is InChI=1S/C21H16N2O3/c24-21-12-15(23-20-13-22-11-10-19(20)21)14-25-16-6-8-18(9-7-16)26-17-4-2-1-3-5-17/h1-11,13H,12,14H2. The van der Waals surface area contributed by atoms with Crippen molar-refractivity contribution < 1.29 is 14.3 Å². The number of carbonyl (C=O) groups is 1. The second-order valence-electron chi connectivity index (χ2n) is 5.85. The van der Waals surface area contributed by atoms with E-state index in [2.05, 4.69) is 9.98 Å². The van der Waals surface area contributed by atoms with Crippen molar-refractivity contribution in [3.63, 3.8) is 0 Å². The van der Waals surface area contributed by atoms with Crippen LogP contribution in [0.4, 0.5) is 5.69 Å². The first-order valence-corrected chi connectivity index (χ1v) is 8.27. The molecule has 4 rings (SSSR count). The monoisotopic (exact) mass is 344 g/mol. The topological polar surface area (TPSA) is 60.8 Å². The summed E-state index contributed by atoms with van der Waals surface area (Å²) in [6.45, 7) is 0.263. The van der Waals surface area contributed by atoms with Crippen LogP contribution in [0.3, 0.4) is 0 Å². The van der Waals surface area contributed by atoms with Gasteiger partial charge in [-0.25, -0.2) is 0 Å². The van der Waals surface area contributed by atoms with E-state index in [1.165, 1.54) is 0 Å². The number of ketones is 1. The second-order valence-corrected chi connectivity index (χ2v) is 5.85. The molecule has 1 aliphatic heterocycles. The Kier molecular flexibility index (Phi) is 4.43. The molecule has 0 radical (unpaired) electrons. The Hall–Kier alpha value is -3.47. The minimum Gasteiger partial charge on any atom is -0.488 e. The maximum Gasteiger partial charge on any atom is 0.170 e. The van der Waals surface area contributed by atoms with E-state index in [-0.39, 0.29) is 18.8 Å². The quantitative estimate of drug-likeness (QED) is 0.678. The highest BCUT2D eigenvalue weighted by Crippen LogP contribution is 2.26. The van der Waals surface area contributed by atoms with E-state index >= 15 is 0 Å². The number of carbonyl (C=O) groups excluding carboxylic acids is 1. The van der Waals surface area contributed by atoms with Gasteiger partial charge in [-0.1, -0.05) is 18.2 Å². The minimum atomic E-state index is 0.0441. The van der Waals surface area contributed by atoms with Gasteiger partial charge in [-0.3, -0.25) is 14.8 Å². The number of hydrogen-bond donors (Lipinski definition) is 0. The van der Waals surface area contributed by atoms with Crippen molar-refractivity contribution in [2.24, 2.45) is 4.99 Å². The third-order valence-electron chi connectivity index (χ3n) is 3.95. The zero-order valence-corrected chi connectivity index (χ0v) is 14.0. The van der Waals surface area contributed by atoms with Gasteiger partial charge in [-0.05, 0) is 42.5 Å². The number of fused-ring (bicyclic) bond motifs is 1. The third kappa shape index (κ3) is 3.62. The van der Waals surface area contributed by atoms with Crippen LogP contribution in [-0.2, 0) is 0 Å². The fourth-order valence-corrected chi connectivity index (χ4v) is 2.68. The summed E-state index contributed by atoms with van der Waals surface area (Å²) >= 11 is 0. The van der Waals surface area contributed by atoms with Crippen LogP contribution < -0.4 is 9.47 Å². The molecule has 0 saturated heterocycles. The number of para-hydroxylation sites is 1. The summed E-state index contributed by atoms with van der Waals surface area (Å²) in [6, 6.07) is 18.6. The smallest absolute Gasteiger partial charge is 0.170 e. The summed E-state index contributed by atoms with van der Waals surface area (Å²) in [6.07, 6.45) is 3.47. The molecule has 1 aromatic heterocycles. The summed E-state index contributed by atoms with van der Waals surface area (Å²) in [5.74, 6) is 2.25. The number of nitrogens with zero attached hydrogens (tertiary/aromatic N) is 2. The van der Waals surface area contributed by atoms with Gasteiger partial charge in [0.25, 0.3) is 0 Å². The van der Waals surface area contributed by atoms with Crippen LogP contribution in [0.2, 0.25) is 0 Å². The summed E-state index contributed by atoms with van der Waals surface area (Å²) in [5.41, 5.74) is 1.92. The number of Topliss-reactive ketones (excluding diaryl/α,β-unsaturated/α-hetero) is 1. The van der Waals surface area contributed by atoms with E-state index in [0.717, 1.165) is 11.5 Å². The first-order chi connectivity index (χ1) is 12.8. The molecule has 3 aromatic rings. The highest BCUT2D eigenvalue weighted by molar-refractivity contribution is 6.16. The van der Waals surface area contributed by atoms with E-state index in [4.69, 9.17) is 9.47 Å². The van der Waals surface area contributed by atoms with Gasteiger partial charge < -0.3 is 9.47 Å². The Labute approximate surface area is 151 Å². The Morgan fingerprint density at radius 2 is 1.62 bits per heavy atom. The summed E-state index contributed by atoms with van der Waals surface area (Å²) in [7, 11) is 0. The van der Waals surface area contributed by atoms with Crippen molar-refractivity contribution in [2.45, 2.75) is 6.42 Å². The molecule has 5 heteroatoms. The van der Waals surface area contributed by atoms with Crippen LogP contribution in [0.5, 0.6) is 17.2 Å². The first-order valence-electron chi connectivity index (χ1n) is 8.27. The molecular formula is C21H16N2O3. The molecule has 26 heavy (non-hydrogen) atoms. The van der Waals surface area contributed by atoms with Crippen molar-refractivity contribution in [1.29, 1.82) is 0 Å². The number of hydrogen-bond acceptors (Lipinski definition) is 5. The molecule has 0 N–H and O–H groups in total. The van der Waals surface area contributed by atoms with Gasteiger partial charge in [0.05, 0.1) is 24.0 Å². The van der Waals surface area contributed by atoms with E-state index in [1.807, 2.05) is 54.6 Å². The van der Waals surface area contributed by atoms with Crippen molar-refractivity contribution in [2.75, 3.05) is 6.61 Å². The van der Waals surface area contributed by atoms with Gasteiger partial charge in [-0.15, -0.1) is 0 Å². The van der Waals surface area contributed by atoms with Crippen molar-refractivity contribution in [1.82, 2.24) is 4.98 Å². The molecule has 0 amide bonds. The van der Waals surface area contributed by atoms with E-state index in [1.54, 1.807) is 18.5 Å². The number of pyridine rings is 1. The minimum absolute atomic E-state index is 0.0441. The normalized spacial score (nSPS) is 12.9. The summed E-state index contributed by atoms with van der Waals surface area (Å²) in [5, 5.41) is 0. The third-order valence-corrected chi connectivity index (χ3v) is 3.95. The Morgan fingerprint density at radius 3 is 2.42 bits per heavy atom. The van der Waals surface area contributed by atoms with Crippen LogP contribution in [-0.4, -0.2) is 23.1 Å². The van der Waals surface area contributed by atoms with Gasteiger partial charge in [0.1, 0.15) is 23.9 Å². The maximum atomic E-state index is 12.1. The molecule has 0 aliphatic carbocycles. The number of rotatable bonds is 5. The number of benzene rings is 2. The number of aromatic nitrogens is 1. The van der Waals surface area contributed by atoms with E-state index in [9.17, 15) is 4.79 Å². The molecule has 2 aromatic carbocycles. The molecule has 0 bridgehead atoms. The van der Waals surface area contributed by atoms with Crippen molar-refractivity contribution in [3.8, 4) is 17.2 Å². The molecule has 0 saturated carbocycles. The largest absolute Gasteiger partial charge is 0.488 e. The molecule has 0 fully saturated rings. The average Bonchev–Trinajstić information content (AvgIpc) is 2.68. The molecule has 0 unspecified atom stereocenters. The van der Waals surface area contributed by atoms with Crippen LogP contribution in [0.1, 0.15) is 16.8 Å². The average molecular weight is 344 g/mol. The highest BCUT2D eigenvalue weighted by atomic mass is 16.5. The van der Waals surface area contributed by atoms with Crippen LogP contribution in [0.15, 0.2) is 78.0 Å². The lowest BCUT2D eigenvalue weighted by molar-refractivity contribution is 0.0998. The van der Waals surface area contributed by atoms with Gasteiger partial charge in [0.15, 0.2) is 5.78 Å². The fourth-order valence-electron chi connectivity index (χ4n) is 2.68. The van der Waals surface area contributed by atoms with Gasteiger partial charge in [-0.2, -0.15) is 0 Å². The Morgan fingerprint density at radius 1 is 0.885 bits per heavy atom. The Bertz CT molecular complexity index is 951. The predicted octanol–water partition coefficient (Wildman–Crippen LogP) is 4.61. The zero-order chi connectivity index (χ0) is 17.8. The van der Waals surface area contributed by atoms with E-state index < -0.39 is 0 Å². The van der Waals surface area contributed by atoms with Crippen LogP contribution in [0, 0.1) is 0 Å². The lowest BCUT2D eigenvalue weighted by Gasteiger charge is -2.15. The van der Waals surface area contributed by atoms with Crippen LogP contribution >= 0.6 is 0 Å². The SMILES string of the molecule is O=C1CC(COc2ccc(Oc3ccccc3)cc2)=Nc2cnccc21. The lowest BCUT2D eigenvalue weighted by atomic mass is 10.0.